The van der Waals surface area contributed by atoms with Crippen LogP contribution in [0.25, 0.3) is 66.2 Å². The van der Waals surface area contributed by atoms with Crippen LogP contribution < -0.4 is 33.2 Å². The number of rotatable bonds is 27. The average molecular weight is 1610 g/mol. The van der Waals surface area contributed by atoms with E-state index < -0.39 is 48.3 Å². The number of hydrogen-bond acceptors (Lipinski definition) is 24. The Kier molecular flexibility index (Phi) is 24.6. The molecule has 14 rings (SSSR count). The van der Waals surface area contributed by atoms with Gasteiger partial charge in [0.2, 0.25) is 35.9 Å². The summed E-state index contributed by atoms with van der Waals surface area (Å²) in [5.41, 5.74) is 25.5. The summed E-state index contributed by atoms with van der Waals surface area (Å²) >= 11 is 17.6. The van der Waals surface area contributed by atoms with Crippen LogP contribution in [0.15, 0.2) is 176 Å². The number of fused-ring (bicyclic) bond motifs is 6. The second-order valence-electron chi connectivity index (χ2n) is 24.9. The minimum atomic E-state index is -3.70. The first kappa shape index (κ1) is 77.9. The number of nitrogens with two attached hydrogens (primary N) is 3. The van der Waals surface area contributed by atoms with Crippen molar-refractivity contribution in [2.24, 2.45) is 0 Å². The lowest BCUT2D eigenvalue weighted by Crippen LogP contribution is -2.24. The zero-order valence-electron chi connectivity index (χ0n) is 58.7. The number of nitrogen functional groups attached to an aromatic ring is 3. The number of ether oxygens (including phenoxy) is 3. The monoisotopic (exact) mass is 1610 g/mol. The number of carbonyl (C=O) groups is 3. The van der Waals surface area contributed by atoms with Crippen molar-refractivity contribution < 1.29 is 53.8 Å². The third kappa shape index (κ3) is 19.2. The number of aromatic nitrogens is 15. The molecule has 5 aromatic carbocycles. The Morgan fingerprint density at radius 3 is 1.15 bits per heavy atom. The summed E-state index contributed by atoms with van der Waals surface area (Å²) in [6, 6.07) is 38.5. The number of anilines is 3. The van der Waals surface area contributed by atoms with Crippen molar-refractivity contribution in [1.82, 2.24) is 86.4 Å². The third-order valence-corrected chi connectivity index (χ3v) is 21.9. The van der Waals surface area contributed by atoms with Gasteiger partial charge in [0.25, 0.3) is 10.0 Å². The molecular weight excluding hydrogens is 1540 g/mol. The minimum Gasteiger partial charge on any atom is -0.450 e. The highest BCUT2D eigenvalue weighted by atomic mass is 35.5. The van der Waals surface area contributed by atoms with Gasteiger partial charge in [-0.15, -0.1) is 0 Å². The molecule has 0 spiro atoms. The number of nitrogens with zero attached hydrogens (tertiary/aromatic N) is 15. The smallest absolute Gasteiger partial charge is 0.407 e. The van der Waals surface area contributed by atoms with E-state index in [1.165, 1.54) is 24.3 Å². The van der Waals surface area contributed by atoms with Gasteiger partial charge in [-0.25, -0.2) is 66.5 Å². The molecule has 110 heavy (non-hydrogen) atoms. The molecule has 33 nitrogen and oxygen atoms in total. The fourth-order valence-electron chi connectivity index (χ4n) is 11.8. The molecule has 0 saturated heterocycles. The molecule has 0 fully saturated rings. The number of hydrogen-bond donors (Lipinski definition) is 6. The Bertz CT molecular complexity index is 6040. The first-order valence-electron chi connectivity index (χ1n) is 34.1. The van der Waals surface area contributed by atoms with Crippen molar-refractivity contribution in [2.75, 3.05) is 43.3 Å². The number of alkyl carbamates (subject to hydrolysis) is 3. The lowest BCUT2D eigenvalue weighted by Gasteiger charge is -2.09. The Labute approximate surface area is 643 Å². The van der Waals surface area contributed by atoms with Crippen molar-refractivity contribution >= 4 is 167 Å². The lowest BCUT2D eigenvalue weighted by atomic mass is 10.1. The Morgan fingerprint density at radius 2 is 0.764 bits per heavy atom. The lowest BCUT2D eigenvalue weighted by molar-refractivity contribution is 0.142. The fourth-order valence-corrected chi connectivity index (χ4v) is 15.9. The molecule has 0 bridgehead atoms. The van der Waals surface area contributed by atoms with Crippen molar-refractivity contribution in [3.05, 3.63) is 209 Å². The molecular formula is C71H72Cl3N21O12S3. The van der Waals surface area contributed by atoms with E-state index in [9.17, 15) is 39.6 Å². The van der Waals surface area contributed by atoms with E-state index in [0.717, 1.165) is 63.9 Å². The van der Waals surface area contributed by atoms with Gasteiger partial charge in [0.15, 0.2) is 34.4 Å². The molecule has 9 aromatic heterocycles. The summed E-state index contributed by atoms with van der Waals surface area (Å²) < 4.78 is 100. The largest absolute Gasteiger partial charge is 0.450 e. The second kappa shape index (κ2) is 34.7. The Morgan fingerprint density at radius 1 is 0.418 bits per heavy atom. The summed E-state index contributed by atoms with van der Waals surface area (Å²) in [6.45, 7) is 3.33. The number of carbonyl (C=O) groups excluding carboxylic acids is 3. The predicted molar refractivity (Wildman–Crippen MR) is 416 cm³/mol. The fraction of sp³-hybridized carbons (Fsp3) is 0.239. The standard InChI is InChI=1S/C26H26ClN7O4S.C25H24ClN7O4S.C20H22ClN7O4S/c27-25-31-23(28)22-24(32-25)33(17-30-22)11-4-5-13-38-26(35)29-15-19-8-9-21-20(14-19)10-12-34(21)39(36,37)16-18-6-2-1-3-7-18;26-24-30-22(27)21-23(31-24)32(16-29-21)11-4-5-13-37-25(34)28-15-17-8-9-20-18(14-17)10-12-33(20)38(35,36)19-6-2-1-3-7-19;1-33(30,31)28-8-6-14-10-13(4-5-15(14)28)11-23-20(29)32-9-3-2-7-27-12-24-16-17(22)25-19(21)26-18(16)27/h1-3,6-10,12,14,17H,4-5,11,13,15-16H2,(H,29,35)(H2,28,31,32);1-3,6-10,12,14,16H,4-5,11,13,15H2,(H,28,34)(H2,27,30,31);4-6,8,10,12H,2-3,7,9,11H2,1H3,(H,23,29)(H2,22,25,26). The van der Waals surface area contributed by atoms with Crippen molar-refractivity contribution in [2.45, 2.75) is 88.4 Å². The molecule has 3 amide bonds. The summed E-state index contributed by atoms with van der Waals surface area (Å²) in [5, 5.41) is 10.6. The van der Waals surface area contributed by atoms with E-state index in [4.69, 9.17) is 66.2 Å². The van der Waals surface area contributed by atoms with Gasteiger partial charge in [0.05, 0.1) is 72.3 Å². The Hall–Kier alpha value is -11.7. The molecule has 572 valence electrons. The number of aryl methyl sites for hydroxylation is 3. The summed E-state index contributed by atoms with van der Waals surface area (Å²) in [6.07, 6.45) is 13.1. The molecule has 0 unspecified atom stereocenters. The maximum absolute atomic E-state index is 13.0. The number of benzene rings is 5. The molecule has 9 N–H and O–H groups in total. The molecule has 39 heteroatoms. The SMILES string of the molecule is CS(=O)(=O)n1ccc2cc(CNC(=O)OCCCCn3cnc4c(N)nc(Cl)nc43)ccc21.Nc1nc(Cl)nc2c1ncn2CCCCOC(=O)NCc1ccc2c(ccn2S(=O)(=O)Cc2ccccc2)c1.Nc1nc(Cl)nc2c1ncn2CCCCOC(=O)NCc1ccc2c(ccn2S(=O)(=O)c2ccccc2)c1. The van der Waals surface area contributed by atoms with Crippen LogP contribution in [0.5, 0.6) is 0 Å². The van der Waals surface area contributed by atoms with Crippen LogP contribution in [-0.4, -0.2) is 140 Å². The van der Waals surface area contributed by atoms with E-state index in [2.05, 4.69) is 60.8 Å². The molecule has 0 aliphatic carbocycles. The van der Waals surface area contributed by atoms with Gasteiger partial charge in [-0.05, 0) is 162 Å². The number of halogens is 3. The van der Waals surface area contributed by atoms with Gasteiger partial charge in [-0.2, -0.15) is 29.9 Å². The van der Waals surface area contributed by atoms with Crippen molar-refractivity contribution in [3.63, 3.8) is 0 Å². The molecule has 0 radical (unpaired) electrons. The van der Waals surface area contributed by atoms with Crippen LogP contribution in [0.2, 0.25) is 15.9 Å². The first-order chi connectivity index (χ1) is 52.8. The highest BCUT2D eigenvalue weighted by Gasteiger charge is 2.22. The van der Waals surface area contributed by atoms with Gasteiger partial charge in [-0.1, -0.05) is 66.7 Å². The highest BCUT2D eigenvalue weighted by molar-refractivity contribution is 7.90. The summed E-state index contributed by atoms with van der Waals surface area (Å²) in [5.74, 6) is 0.598. The van der Waals surface area contributed by atoms with E-state index in [1.807, 2.05) is 50.1 Å². The van der Waals surface area contributed by atoms with Crippen LogP contribution in [-0.2, 0) is 89.3 Å². The minimum absolute atomic E-state index is 0.0608. The van der Waals surface area contributed by atoms with Gasteiger partial charge in [0.1, 0.15) is 16.6 Å². The first-order valence-corrected chi connectivity index (χ1v) is 40.1. The average Bonchev–Trinajstić information content (AvgIpc) is 1.47. The van der Waals surface area contributed by atoms with Crippen LogP contribution in [0.4, 0.5) is 31.8 Å². The van der Waals surface area contributed by atoms with Crippen LogP contribution >= 0.6 is 34.8 Å². The maximum atomic E-state index is 13.0. The molecule has 0 aliphatic heterocycles. The van der Waals surface area contributed by atoms with Gasteiger partial charge in [-0.3, -0.25) is 0 Å². The molecule has 0 aliphatic rings. The maximum Gasteiger partial charge on any atom is 0.407 e. The van der Waals surface area contributed by atoms with Crippen molar-refractivity contribution in [1.29, 1.82) is 0 Å². The van der Waals surface area contributed by atoms with E-state index >= 15 is 0 Å². The molecule has 0 saturated carbocycles. The van der Waals surface area contributed by atoms with Gasteiger partial charge < -0.3 is 61.1 Å². The topological polar surface area (TPSA) is 441 Å². The predicted octanol–water partition coefficient (Wildman–Crippen LogP) is 10.6. The molecule has 9 heterocycles. The van der Waals surface area contributed by atoms with Gasteiger partial charge >= 0.3 is 18.3 Å². The normalized spacial score (nSPS) is 11.7. The number of amides is 3. The van der Waals surface area contributed by atoms with Gasteiger partial charge in [0, 0.05) is 74.0 Å². The molecule has 0 atom stereocenters. The molecule has 14 aromatic rings. The number of imidazole rings is 3. The zero-order chi connectivity index (χ0) is 77.7. The summed E-state index contributed by atoms with van der Waals surface area (Å²) in [7, 11) is -10.6. The number of nitrogens with one attached hydrogen (secondary N) is 3. The second-order valence-corrected chi connectivity index (χ2v) is 31.4. The van der Waals surface area contributed by atoms with E-state index in [-0.39, 0.29) is 83.4 Å². The van der Waals surface area contributed by atoms with E-state index in [0.29, 0.717) is 88.9 Å². The summed E-state index contributed by atoms with van der Waals surface area (Å²) in [4.78, 5) is 73.3. The van der Waals surface area contributed by atoms with Crippen LogP contribution in [0, 0.1) is 0 Å². The highest BCUT2D eigenvalue weighted by Crippen LogP contribution is 2.27. The van der Waals surface area contributed by atoms with Crippen molar-refractivity contribution in [3.8, 4) is 0 Å². The van der Waals surface area contributed by atoms with Crippen LogP contribution in [0.3, 0.4) is 0 Å². The number of unbranched alkanes of at least 4 members (excludes halogenated alkanes) is 3. The quantitative estimate of drug-likeness (QED) is 0.0158. The van der Waals surface area contributed by atoms with Crippen LogP contribution in [0.1, 0.15) is 60.8 Å². The van der Waals surface area contributed by atoms with E-state index in [1.54, 1.807) is 122 Å². The zero-order valence-corrected chi connectivity index (χ0v) is 63.4. The Balaban J connectivity index is 0.000000154. The third-order valence-electron chi connectivity index (χ3n) is 17.1.